The molecule has 1 aliphatic carbocycles. The monoisotopic (exact) mass is 542 g/mol. The zero-order valence-electron chi connectivity index (χ0n) is 22.8. The molecular formula is C29H39ClN4O4. The first-order valence-corrected chi connectivity index (χ1v) is 13.7. The molecule has 0 unspecified atom stereocenters. The van der Waals surface area contributed by atoms with E-state index in [1.165, 1.54) is 12.0 Å². The summed E-state index contributed by atoms with van der Waals surface area (Å²) in [5.41, 5.74) is 1.39. The van der Waals surface area contributed by atoms with Crippen LogP contribution in [-0.2, 0) is 14.4 Å². The number of nitrogens with one attached hydrogen (secondary N) is 2. The standard InChI is InChI=1S/C29H39ClN4O4/c1-5-29(3,4)32-28(37)27(22-13-9-10-14-23(22)30)34(18-17-21-11-7-6-8-12-21)26(36)16-15-25(35)31-24-19-20(2)38-33-24/h9-11,13-14,19,27H,5-8,12,15-18H2,1-4H3,(H,32,37)(H,31,33,35)/t27-/m1/s1. The smallest absolute Gasteiger partial charge is 0.247 e. The van der Waals surface area contributed by atoms with Crippen molar-refractivity contribution in [1.82, 2.24) is 15.4 Å². The highest BCUT2D eigenvalue weighted by molar-refractivity contribution is 6.31. The summed E-state index contributed by atoms with van der Waals surface area (Å²) in [4.78, 5) is 41.6. The fraction of sp³-hybridized carbons (Fsp3) is 0.517. The van der Waals surface area contributed by atoms with Crippen LogP contribution in [0.2, 0.25) is 5.02 Å². The lowest BCUT2D eigenvalue weighted by atomic mass is 9.95. The molecule has 1 aromatic carbocycles. The van der Waals surface area contributed by atoms with Crippen LogP contribution >= 0.6 is 11.6 Å². The van der Waals surface area contributed by atoms with E-state index < -0.39 is 11.6 Å². The van der Waals surface area contributed by atoms with Gasteiger partial charge in [0.15, 0.2) is 5.82 Å². The first-order valence-electron chi connectivity index (χ1n) is 13.4. The van der Waals surface area contributed by atoms with Gasteiger partial charge >= 0.3 is 0 Å². The number of amides is 3. The quantitative estimate of drug-likeness (QED) is 0.314. The minimum Gasteiger partial charge on any atom is -0.360 e. The summed E-state index contributed by atoms with van der Waals surface area (Å²) < 4.78 is 4.98. The molecule has 1 aliphatic rings. The maximum absolute atomic E-state index is 13.8. The van der Waals surface area contributed by atoms with E-state index >= 15 is 0 Å². The number of rotatable bonds is 12. The molecule has 0 spiro atoms. The SMILES string of the molecule is CCC(C)(C)NC(=O)[C@@H](c1ccccc1Cl)N(CCC1=CCCCC1)C(=O)CCC(=O)Nc1cc(C)on1. The minimum absolute atomic E-state index is 0.0543. The topological polar surface area (TPSA) is 105 Å². The summed E-state index contributed by atoms with van der Waals surface area (Å²) in [7, 11) is 0. The van der Waals surface area contributed by atoms with Crippen LogP contribution in [0.5, 0.6) is 0 Å². The number of nitrogens with zero attached hydrogens (tertiary/aromatic N) is 2. The maximum atomic E-state index is 13.8. The summed E-state index contributed by atoms with van der Waals surface area (Å²) >= 11 is 6.58. The maximum Gasteiger partial charge on any atom is 0.247 e. The summed E-state index contributed by atoms with van der Waals surface area (Å²) in [6.07, 6.45) is 7.83. The highest BCUT2D eigenvalue weighted by atomic mass is 35.5. The zero-order valence-corrected chi connectivity index (χ0v) is 23.6. The number of benzene rings is 1. The average Bonchev–Trinajstić information content (AvgIpc) is 3.30. The Hall–Kier alpha value is -3.13. The van der Waals surface area contributed by atoms with Gasteiger partial charge in [0.2, 0.25) is 17.7 Å². The molecule has 9 heteroatoms. The Bertz CT molecular complexity index is 1160. The van der Waals surface area contributed by atoms with Crippen molar-refractivity contribution in [2.24, 2.45) is 0 Å². The molecule has 206 valence electrons. The van der Waals surface area contributed by atoms with Crippen LogP contribution in [0.4, 0.5) is 5.82 Å². The van der Waals surface area contributed by atoms with Crippen LogP contribution in [0.1, 0.15) is 89.5 Å². The van der Waals surface area contributed by atoms with Gasteiger partial charge in [0, 0.05) is 41.6 Å². The molecule has 0 saturated carbocycles. The number of halogens is 1. The second kappa shape index (κ2) is 13.6. The lowest BCUT2D eigenvalue weighted by Crippen LogP contribution is -2.50. The van der Waals surface area contributed by atoms with Crippen molar-refractivity contribution in [2.75, 3.05) is 11.9 Å². The van der Waals surface area contributed by atoms with Gasteiger partial charge in [0.05, 0.1) is 0 Å². The number of aromatic nitrogens is 1. The molecule has 0 aliphatic heterocycles. The van der Waals surface area contributed by atoms with E-state index in [1.54, 1.807) is 36.1 Å². The lowest BCUT2D eigenvalue weighted by molar-refractivity contribution is -0.142. The molecule has 3 rings (SSSR count). The molecule has 1 heterocycles. The van der Waals surface area contributed by atoms with E-state index in [1.807, 2.05) is 26.8 Å². The largest absolute Gasteiger partial charge is 0.360 e. The number of carbonyl (C=O) groups excluding carboxylic acids is 3. The predicted molar refractivity (Wildman–Crippen MR) is 149 cm³/mol. The van der Waals surface area contributed by atoms with Crippen molar-refractivity contribution in [3.63, 3.8) is 0 Å². The van der Waals surface area contributed by atoms with E-state index in [0.29, 0.717) is 35.1 Å². The molecule has 0 bridgehead atoms. The molecule has 0 saturated heterocycles. The molecule has 38 heavy (non-hydrogen) atoms. The first kappa shape index (κ1) is 29.4. The minimum atomic E-state index is -0.924. The number of allylic oxidation sites excluding steroid dienone is 1. The molecule has 2 N–H and O–H groups in total. The molecule has 3 amide bonds. The van der Waals surface area contributed by atoms with E-state index in [-0.39, 0.29) is 30.6 Å². The van der Waals surface area contributed by atoms with E-state index in [4.69, 9.17) is 16.1 Å². The Kier molecular flexibility index (Phi) is 10.5. The normalized spacial score (nSPS) is 14.4. The number of hydrogen-bond acceptors (Lipinski definition) is 5. The summed E-state index contributed by atoms with van der Waals surface area (Å²) in [6, 6.07) is 7.80. The Morgan fingerprint density at radius 1 is 1.18 bits per heavy atom. The summed E-state index contributed by atoms with van der Waals surface area (Å²) in [5.74, 6) is -0.0625. The highest BCUT2D eigenvalue weighted by Gasteiger charge is 2.35. The average molecular weight is 543 g/mol. The molecule has 2 aromatic rings. The van der Waals surface area contributed by atoms with Crippen molar-refractivity contribution < 1.29 is 18.9 Å². The second-order valence-electron chi connectivity index (χ2n) is 10.5. The van der Waals surface area contributed by atoms with Crippen molar-refractivity contribution in [1.29, 1.82) is 0 Å². The van der Waals surface area contributed by atoms with Crippen molar-refractivity contribution >= 4 is 35.1 Å². The number of aryl methyl sites for hydroxylation is 1. The van der Waals surface area contributed by atoms with Crippen LogP contribution in [0.3, 0.4) is 0 Å². The van der Waals surface area contributed by atoms with Gasteiger partial charge in [-0.1, -0.05) is 53.5 Å². The van der Waals surface area contributed by atoms with Gasteiger partial charge in [0.1, 0.15) is 11.8 Å². The van der Waals surface area contributed by atoms with Gasteiger partial charge in [-0.2, -0.15) is 0 Å². The molecule has 8 nitrogen and oxygen atoms in total. The van der Waals surface area contributed by atoms with Crippen molar-refractivity contribution in [3.05, 3.63) is 58.3 Å². The van der Waals surface area contributed by atoms with Crippen LogP contribution in [-0.4, -0.2) is 39.9 Å². The van der Waals surface area contributed by atoms with Gasteiger partial charge in [-0.3, -0.25) is 14.4 Å². The Labute approximate surface area is 230 Å². The van der Waals surface area contributed by atoms with E-state index in [9.17, 15) is 14.4 Å². The lowest BCUT2D eigenvalue weighted by Gasteiger charge is -2.35. The fourth-order valence-electron chi connectivity index (χ4n) is 4.43. The van der Waals surface area contributed by atoms with Crippen LogP contribution in [0, 0.1) is 6.92 Å². The molecular weight excluding hydrogens is 504 g/mol. The molecule has 1 aromatic heterocycles. The summed E-state index contributed by atoms with van der Waals surface area (Å²) in [6.45, 7) is 7.97. The van der Waals surface area contributed by atoms with E-state index in [2.05, 4.69) is 21.9 Å². The molecule has 0 fully saturated rings. The third-order valence-corrected chi connectivity index (χ3v) is 7.29. The van der Waals surface area contributed by atoms with E-state index in [0.717, 1.165) is 25.7 Å². The third kappa shape index (κ3) is 8.45. The molecule has 1 atom stereocenters. The second-order valence-corrected chi connectivity index (χ2v) is 10.9. The summed E-state index contributed by atoms with van der Waals surface area (Å²) in [5, 5.41) is 9.93. The first-order chi connectivity index (χ1) is 18.1. The Morgan fingerprint density at radius 3 is 2.58 bits per heavy atom. The zero-order chi connectivity index (χ0) is 27.7. The van der Waals surface area contributed by atoms with Crippen molar-refractivity contribution in [3.8, 4) is 0 Å². The van der Waals surface area contributed by atoms with Gasteiger partial charge < -0.3 is 20.1 Å². The van der Waals surface area contributed by atoms with Crippen LogP contribution < -0.4 is 10.6 Å². The van der Waals surface area contributed by atoms with Gasteiger partial charge in [-0.05, 0) is 65.4 Å². The van der Waals surface area contributed by atoms with Crippen LogP contribution in [0.25, 0.3) is 0 Å². The van der Waals surface area contributed by atoms with Gasteiger partial charge in [-0.25, -0.2) is 0 Å². The Balaban J connectivity index is 1.86. The number of hydrogen-bond donors (Lipinski definition) is 2. The predicted octanol–water partition coefficient (Wildman–Crippen LogP) is 6.12. The van der Waals surface area contributed by atoms with Gasteiger partial charge in [-0.15, -0.1) is 0 Å². The highest BCUT2D eigenvalue weighted by Crippen LogP contribution is 2.31. The fourth-order valence-corrected chi connectivity index (χ4v) is 4.67. The third-order valence-electron chi connectivity index (χ3n) is 6.95. The van der Waals surface area contributed by atoms with Crippen LogP contribution in [0.15, 0.2) is 46.5 Å². The molecule has 0 radical (unpaired) electrons. The Morgan fingerprint density at radius 2 is 1.95 bits per heavy atom. The van der Waals surface area contributed by atoms with Gasteiger partial charge in [0.25, 0.3) is 0 Å². The number of carbonyl (C=O) groups is 3. The number of anilines is 1. The van der Waals surface area contributed by atoms with Crippen molar-refractivity contribution in [2.45, 2.75) is 90.6 Å².